The Morgan fingerprint density at radius 3 is 2.71 bits per heavy atom. The van der Waals surface area contributed by atoms with Gasteiger partial charge in [0.05, 0.1) is 13.1 Å². The van der Waals surface area contributed by atoms with Gasteiger partial charge >= 0.3 is 0 Å². The molecule has 7 nitrogen and oxygen atoms in total. The van der Waals surface area contributed by atoms with Gasteiger partial charge in [0, 0.05) is 25.5 Å². The Morgan fingerprint density at radius 2 is 1.90 bits per heavy atom. The summed E-state index contributed by atoms with van der Waals surface area (Å²) in [6.45, 7) is 5.31. The predicted molar refractivity (Wildman–Crippen MR) is 132 cm³/mol. The summed E-state index contributed by atoms with van der Waals surface area (Å²) in [5, 5.41) is 11.1. The average molecular weight is 533 g/mol. The lowest BCUT2D eigenvalue weighted by atomic mass is 10.1. The van der Waals surface area contributed by atoms with Gasteiger partial charge in [0.15, 0.2) is 17.5 Å². The molecule has 0 fully saturated rings. The van der Waals surface area contributed by atoms with Crippen LogP contribution < -0.4 is 20.1 Å². The molecule has 31 heavy (non-hydrogen) atoms. The second-order valence-electron chi connectivity index (χ2n) is 7.03. The summed E-state index contributed by atoms with van der Waals surface area (Å²) in [5.74, 6) is 2.45. The maximum Gasteiger partial charge on any atom is 0.231 e. The van der Waals surface area contributed by atoms with Crippen LogP contribution in [0, 0.1) is 0 Å². The molecule has 0 spiro atoms. The zero-order valence-corrected chi connectivity index (χ0v) is 19.9. The number of fused-ring (bicyclic) bond motifs is 1. The summed E-state index contributed by atoms with van der Waals surface area (Å²) in [5.41, 5.74) is 3.62. The number of benzene rings is 2. The van der Waals surface area contributed by atoms with E-state index in [0.29, 0.717) is 13.3 Å². The number of aliphatic imine (C=N–C) groups is 1. The first-order valence-electron chi connectivity index (χ1n) is 10.3. The van der Waals surface area contributed by atoms with Crippen molar-refractivity contribution in [2.75, 3.05) is 19.9 Å². The molecule has 2 N–H and O–H groups in total. The summed E-state index contributed by atoms with van der Waals surface area (Å²) in [7, 11) is 0. The van der Waals surface area contributed by atoms with Gasteiger partial charge in [-0.3, -0.25) is 4.68 Å². The fourth-order valence-electron chi connectivity index (χ4n) is 3.36. The van der Waals surface area contributed by atoms with E-state index in [0.717, 1.165) is 43.5 Å². The monoisotopic (exact) mass is 533 g/mol. The standard InChI is InChI=1S/C23H27N5O2.HI/c1-2-24-23(25-12-10-18-8-9-21-22(14-18)30-17-29-21)26-15-19-6-3-4-7-20(19)16-28-13-5-11-27-28;/h3-9,11,13-14H,2,10,12,15-17H2,1H3,(H2,24,25,26);1H. The third kappa shape index (κ3) is 6.36. The minimum atomic E-state index is 0. The summed E-state index contributed by atoms with van der Waals surface area (Å²) < 4.78 is 12.8. The van der Waals surface area contributed by atoms with Crippen LogP contribution in [-0.2, 0) is 19.5 Å². The molecule has 2 aromatic carbocycles. The van der Waals surface area contributed by atoms with Gasteiger partial charge in [-0.1, -0.05) is 30.3 Å². The fraction of sp³-hybridized carbons (Fsp3) is 0.304. The number of hydrogen-bond donors (Lipinski definition) is 2. The third-order valence-corrected chi connectivity index (χ3v) is 4.90. The maximum atomic E-state index is 5.46. The highest BCUT2D eigenvalue weighted by molar-refractivity contribution is 14.0. The normalized spacial score (nSPS) is 12.4. The molecule has 0 unspecified atom stereocenters. The molecule has 0 saturated carbocycles. The van der Waals surface area contributed by atoms with Crippen LogP contribution in [0.1, 0.15) is 23.6 Å². The lowest BCUT2D eigenvalue weighted by molar-refractivity contribution is 0.174. The van der Waals surface area contributed by atoms with Gasteiger partial charge in [-0.15, -0.1) is 24.0 Å². The summed E-state index contributed by atoms with van der Waals surface area (Å²) >= 11 is 0. The van der Waals surface area contributed by atoms with Crippen LogP contribution in [0.15, 0.2) is 65.9 Å². The predicted octanol–water partition coefficient (Wildman–Crippen LogP) is 3.58. The van der Waals surface area contributed by atoms with Crippen LogP contribution in [0.4, 0.5) is 0 Å². The summed E-state index contributed by atoms with van der Waals surface area (Å²) in [6.07, 6.45) is 4.65. The Balaban J connectivity index is 0.00000272. The van der Waals surface area contributed by atoms with Crippen molar-refractivity contribution in [3.05, 3.63) is 77.6 Å². The molecule has 1 aromatic heterocycles. The average Bonchev–Trinajstić information content (AvgIpc) is 3.44. The van der Waals surface area contributed by atoms with Crippen molar-refractivity contribution in [3.63, 3.8) is 0 Å². The van der Waals surface area contributed by atoms with Crippen LogP contribution in [0.2, 0.25) is 0 Å². The van der Waals surface area contributed by atoms with E-state index in [1.807, 2.05) is 29.1 Å². The summed E-state index contributed by atoms with van der Waals surface area (Å²) in [6, 6.07) is 16.4. The molecule has 2 heterocycles. The van der Waals surface area contributed by atoms with Crippen molar-refractivity contribution in [2.45, 2.75) is 26.4 Å². The molecule has 0 aliphatic carbocycles. The molecule has 1 aliphatic heterocycles. The quantitative estimate of drug-likeness (QED) is 0.263. The van der Waals surface area contributed by atoms with Gasteiger partial charge in [0.25, 0.3) is 0 Å². The Morgan fingerprint density at radius 1 is 1.06 bits per heavy atom. The first-order chi connectivity index (χ1) is 14.8. The van der Waals surface area contributed by atoms with Crippen LogP contribution >= 0.6 is 24.0 Å². The number of hydrogen-bond acceptors (Lipinski definition) is 4. The topological polar surface area (TPSA) is 72.7 Å². The van der Waals surface area contributed by atoms with Gasteiger partial charge < -0.3 is 20.1 Å². The molecule has 8 heteroatoms. The molecule has 0 radical (unpaired) electrons. The highest BCUT2D eigenvalue weighted by Crippen LogP contribution is 2.32. The van der Waals surface area contributed by atoms with Gasteiger partial charge in [-0.2, -0.15) is 5.10 Å². The second kappa shape index (κ2) is 11.6. The number of nitrogens with one attached hydrogen (secondary N) is 2. The number of aromatic nitrogens is 2. The smallest absolute Gasteiger partial charge is 0.231 e. The number of rotatable bonds is 8. The molecule has 0 bridgehead atoms. The van der Waals surface area contributed by atoms with E-state index < -0.39 is 0 Å². The highest BCUT2D eigenvalue weighted by atomic mass is 127. The highest BCUT2D eigenvalue weighted by Gasteiger charge is 2.13. The van der Waals surface area contributed by atoms with Crippen molar-refractivity contribution < 1.29 is 9.47 Å². The molecule has 1 aliphatic rings. The Hall–Kier alpha value is -2.75. The van der Waals surface area contributed by atoms with Crippen molar-refractivity contribution in [3.8, 4) is 11.5 Å². The Kier molecular flexibility index (Phi) is 8.57. The minimum Gasteiger partial charge on any atom is -0.454 e. The van der Waals surface area contributed by atoms with Crippen LogP contribution in [0.5, 0.6) is 11.5 Å². The first kappa shape index (κ1) is 22.9. The van der Waals surface area contributed by atoms with E-state index in [1.165, 1.54) is 16.7 Å². The van der Waals surface area contributed by atoms with E-state index in [1.54, 1.807) is 6.20 Å². The van der Waals surface area contributed by atoms with Gasteiger partial charge in [-0.25, -0.2) is 4.99 Å². The summed E-state index contributed by atoms with van der Waals surface area (Å²) in [4.78, 5) is 4.78. The van der Waals surface area contributed by atoms with Gasteiger partial charge in [0.1, 0.15) is 0 Å². The zero-order valence-electron chi connectivity index (χ0n) is 17.6. The molecule has 3 aromatic rings. The third-order valence-electron chi connectivity index (χ3n) is 4.90. The molecule has 0 atom stereocenters. The molecule has 164 valence electrons. The van der Waals surface area contributed by atoms with Gasteiger partial charge in [-0.05, 0) is 48.2 Å². The lowest BCUT2D eigenvalue weighted by Crippen LogP contribution is -2.38. The minimum absolute atomic E-state index is 0. The van der Waals surface area contributed by atoms with E-state index in [9.17, 15) is 0 Å². The van der Waals surface area contributed by atoms with Crippen molar-refractivity contribution in [1.29, 1.82) is 0 Å². The number of nitrogens with zero attached hydrogens (tertiary/aromatic N) is 3. The van der Waals surface area contributed by atoms with E-state index >= 15 is 0 Å². The molecular weight excluding hydrogens is 505 g/mol. The van der Waals surface area contributed by atoms with Crippen LogP contribution in [-0.4, -0.2) is 35.6 Å². The molecule has 0 amide bonds. The van der Waals surface area contributed by atoms with Crippen molar-refractivity contribution in [1.82, 2.24) is 20.4 Å². The number of guanidine groups is 1. The number of ether oxygens (including phenoxy) is 2. The molecular formula is C23H28IN5O2. The molecule has 0 saturated heterocycles. The SMILES string of the molecule is CCNC(=NCc1ccccc1Cn1cccn1)NCCc1ccc2c(c1)OCO2.I. The van der Waals surface area contributed by atoms with Crippen LogP contribution in [0.25, 0.3) is 0 Å². The second-order valence-corrected chi connectivity index (χ2v) is 7.03. The van der Waals surface area contributed by atoms with Crippen molar-refractivity contribution in [2.24, 2.45) is 4.99 Å². The van der Waals surface area contributed by atoms with E-state index in [2.05, 4.69) is 53.0 Å². The maximum absolute atomic E-state index is 5.46. The largest absolute Gasteiger partial charge is 0.454 e. The Bertz CT molecular complexity index is 991. The van der Waals surface area contributed by atoms with Gasteiger partial charge in [0.2, 0.25) is 6.79 Å². The van der Waals surface area contributed by atoms with E-state index in [-0.39, 0.29) is 24.0 Å². The molecule has 4 rings (SSSR count). The zero-order chi connectivity index (χ0) is 20.6. The lowest BCUT2D eigenvalue weighted by Gasteiger charge is -2.13. The van der Waals surface area contributed by atoms with E-state index in [4.69, 9.17) is 14.5 Å². The Labute approximate surface area is 199 Å². The van der Waals surface area contributed by atoms with Crippen molar-refractivity contribution >= 4 is 29.9 Å². The fourth-order valence-corrected chi connectivity index (χ4v) is 3.36. The first-order valence-corrected chi connectivity index (χ1v) is 10.3. The van der Waals surface area contributed by atoms with Crippen LogP contribution in [0.3, 0.4) is 0 Å². The number of halogens is 1.